The van der Waals surface area contributed by atoms with Gasteiger partial charge in [-0.2, -0.15) is 0 Å². The van der Waals surface area contributed by atoms with Crippen molar-refractivity contribution in [2.45, 2.75) is 15.6 Å². The number of carbonyl (C=O) groups is 2. The Morgan fingerprint density at radius 3 is 1.59 bits per heavy atom. The van der Waals surface area contributed by atoms with Crippen molar-refractivity contribution in [1.29, 1.82) is 0 Å². The van der Waals surface area contributed by atoms with Crippen LogP contribution >= 0.6 is 31.9 Å². The van der Waals surface area contributed by atoms with Crippen LogP contribution in [0.5, 0.6) is 11.5 Å². The van der Waals surface area contributed by atoms with Crippen molar-refractivity contribution < 1.29 is 14.3 Å². The molecule has 0 unspecified atom stereocenters. The highest BCUT2D eigenvalue weighted by molar-refractivity contribution is 9.10. The van der Waals surface area contributed by atoms with Gasteiger partial charge in [-0.25, -0.2) is 4.90 Å². The lowest BCUT2D eigenvalue weighted by atomic mass is 9.54. The average molecular weight is 615 g/mol. The standard InChI is InChI=1S/C31H21Br2NO3/c1-18-7-6-8-21(17-18)37-20-15-13-19(14-16-20)34-28(35)26-27(29(34)36)31(33)23-10-3-2-9-22(23)30(26,32)24-11-4-5-12-25(24)31/h2-17,26-27H,1H3/t26-,27-,30?,31?/m1/s1. The summed E-state index contributed by atoms with van der Waals surface area (Å²) in [6.07, 6.45) is 0. The molecule has 1 fully saturated rings. The largest absolute Gasteiger partial charge is 0.457 e. The zero-order valence-corrected chi connectivity index (χ0v) is 23.0. The highest BCUT2D eigenvalue weighted by atomic mass is 79.9. The van der Waals surface area contributed by atoms with Crippen LogP contribution in [0.1, 0.15) is 27.8 Å². The number of carbonyl (C=O) groups excluding carboxylic acids is 2. The van der Waals surface area contributed by atoms with E-state index in [4.69, 9.17) is 4.74 Å². The molecule has 3 aliphatic carbocycles. The summed E-state index contributed by atoms with van der Waals surface area (Å²) in [4.78, 5) is 29.6. The monoisotopic (exact) mass is 613 g/mol. The summed E-state index contributed by atoms with van der Waals surface area (Å²) < 4.78 is 4.39. The molecule has 182 valence electrons. The molecule has 4 aromatic rings. The summed E-state index contributed by atoms with van der Waals surface area (Å²) in [5.41, 5.74) is 5.75. The fraction of sp³-hybridized carbons (Fsp3) is 0.161. The molecule has 4 aliphatic rings. The summed E-state index contributed by atoms with van der Waals surface area (Å²) >= 11 is 8.09. The van der Waals surface area contributed by atoms with Gasteiger partial charge in [0.2, 0.25) is 11.8 Å². The molecule has 4 aromatic carbocycles. The number of amides is 2. The molecule has 0 saturated carbocycles. The van der Waals surface area contributed by atoms with Crippen molar-refractivity contribution in [3.8, 4) is 11.5 Å². The normalized spacial score (nSPS) is 27.1. The summed E-state index contributed by atoms with van der Waals surface area (Å²) in [6.45, 7) is 2.01. The number of imide groups is 1. The third-order valence-electron chi connectivity index (χ3n) is 7.91. The van der Waals surface area contributed by atoms with Gasteiger partial charge in [0.15, 0.2) is 0 Å². The van der Waals surface area contributed by atoms with Gasteiger partial charge >= 0.3 is 0 Å². The van der Waals surface area contributed by atoms with Gasteiger partial charge < -0.3 is 4.74 Å². The molecule has 1 aliphatic heterocycles. The second-order valence-corrected chi connectivity index (χ2v) is 12.4. The van der Waals surface area contributed by atoms with E-state index in [1.54, 1.807) is 24.3 Å². The Bertz CT molecular complexity index is 1490. The van der Waals surface area contributed by atoms with Crippen molar-refractivity contribution in [2.75, 3.05) is 4.90 Å². The van der Waals surface area contributed by atoms with E-state index in [0.717, 1.165) is 33.6 Å². The smallest absolute Gasteiger partial charge is 0.239 e. The maximum atomic E-state index is 14.1. The first kappa shape index (κ1) is 22.9. The van der Waals surface area contributed by atoms with Gasteiger partial charge in [-0.3, -0.25) is 9.59 Å². The molecular weight excluding hydrogens is 594 g/mol. The predicted octanol–water partition coefficient (Wildman–Crippen LogP) is 7.20. The average Bonchev–Trinajstić information content (AvgIpc) is 3.19. The van der Waals surface area contributed by atoms with Crippen LogP contribution in [-0.2, 0) is 18.2 Å². The first-order chi connectivity index (χ1) is 17.8. The van der Waals surface area contributed by atoms with Gasteiger partial charge in [-0.05, 0) is 71.1 Å². The van der Waals surface area contributed by atoms with Gasteiger partial charge in [-0.15, -0.1) is 0 Å². The number of alkyl halides is 2. The predicted molar refractivity (Wildman–Crippen MR) is 149 cm³/mol. The Labute approximate surface area is 231 Å². The van der Waals surface area contributed by atoms with E-state index in [2.05, 4.69) is 56.1 Å². The van der Waals surface area contributed by atoms with Crippen molar-refractivity contribution >= 4 is 49.4 Å². The van der Waals surface area contributed by atoms with E-state index in [1.165, 1.54) is 4.90 Å². The lowest BCUT2D eigenvalue weighted by Gasteiger charge is -2.55. The van der Waals surface area contributed by atoms with E-state index < -0.39 is 20.5 Å². The van der Waals surface area contributed by atoms with Gasteiger partial charge in [-0.1, -0.05) is 92.5 Å². The number of ether oxygens (including phenoxy) is 1. The molecule has 4 nitrogen and oxygen atoms in total. The SMILES string of the molecule is Cc1cccc(Oc2ccc(N3C(=O)[C@H]4[C@H](C3=O)C3(Br)c5ccccc5C4(Br)c4ccccc43)cc2)c1. The second kappa shape index (κ2) is 7.89. The third kappa shape index (κ3) is 2.94. The van der Waals surface area contributed by atoms with E-state index in [0.29, 0.717) is 11.4 Å². The Balaban J connectivity index is 1.32. The Hall–Kier alpha value is -3.22. The Morgan fingerprint density at radius 1 is 0.649 bits per heavy atom. The molecule has 1 heterocycles. The van der Waals surface area contributed by atoms with Crippen LogP contribution in [-0.4, -0.2) is 11.8 Å². The molecule has 8 rings (SSSR count). The van der Waals surface area contributed by atoms with E-state index >= 15 is 0 Å². The first-order valence-corrected chi connectivity index (χ1v) is 13.7. The lowest BCUT2D eigenvalue weighted by Crippen LogP contribution is -2.56. The molecule has 0 spiro atoms. The summed E-state index contributed by atoms with van der Waals surface area (Å²) in [6, 6.07) is 31.2. The quantitative estimate of drug-likeness (QED) is 0.181. The number of hydrogen-bond acceptors (Lipinski definition) is 3. The molecule has 2 amide bonds. The van der Waals surface area contributed by atoms with Crippen LogP contribution in [0.3, 0.4) is 0 Å². The fourth-order valence-corrected chi connectivity index (χ4v) is 8.70. The molecule has 37 heavy (non-hydrogen) atoms. The maximum absolute atomic E-state index is 14.1. The lowest BCUT2D eigenvalue weighted by molar-refractivity contribution is -0.122. The zero-order chi connectivity index (χ0) is 25.5. The van der Waals surface area contributed by atoms with Gasteiger partial charge in [0.05, 0.1) is 26.2 Å². The number of nitrogens with zero attached hydrogens (tertiary/aromatic N) is 1. The highest BCUT2D eigenvalue weighted by Gasteiger charge is 2.72. The number of anilines is 1. The summed E-state index contributed by atoms with van der Waals surface area (Å²) in [7, 11) is 0. The summed E-state index contributed by atoms with van der Waals surface area (Å²) in [5.74, 6) is -0.208. The molecule has 2 bridgehead atoms. The first-order valence-electron chi connectivity index (χ1n) is 12.2. The van der Waals surface area contributed by atoms with Crippen LogP contribution in [0.4, 0.5) is 5.69 Å². The molecule has 0 radical (unpaired) electrons. The minimum absolute atomic E-state index is 0.202. The molecule has 6 heteroatoms. The van der Waals surface area contributed by atoms with Crippen LogP contribution in [0.2, 0.25) is 0 Å². The topological polar surface area (TPSA) is 46.6 Å². The second-order valence-electron chi connectivity index (χ2n) is 9.89. The van der Waals surface area contributed by atoms with Gasteiger partial charge in [0, 0.05) is 0 Å². The molecule has 1 saturated heterocycles. The minimum atomic E-state index is -0.796. The molecule has 0 N–H and O–H groups in total. The fourth-order valence-electron chi connectivity index (χ4n) is 6.40. The highest BCUT2D eigenvalue weighted by Crippen LogP contribution is 2.70. The Morgan fingerprint density at radius 2 is 1.14 bits per heavy atom. The minimum Gasteiger partial charge on any atom is -0.457 e. The number of aryl methyl sites for hydroxylation is 1. The zero-order valence-electron chi connectivity index (χ0n) is 19.8. The van der Waals surface area contributed by atoms with Crippen molar-refractivity contribution in [3.63, 3.8) is 0 Å². The van der Waals surface area contributed by atoms with Crippen LogP contribution < -0.4 is 9.64 Å². The van der Waals surface area contributed by atoms with Crippen LogP contribution in [0, 0.1) is 18.8 Å². The maximum Gasteiger partial charge on any atom is 0.239 e. The van der Waals surface area contributed by atoms with E-state index in [9.17, 15) is 9.59 Å². The molecular formula is C31H21Br2NO3. The van der Waals surface area contributed by atoms with Crippen LogP contribution in [0.25, 0.3) is 0 Å². The van der Waals surface area contributed by atoms with Crippen LogP contribution in [0.15, 0.2) is 97.1 Å². The van der Waals surface area contributed by atoms with E-state index in [1.807, 2.05) is 55.5 Å². The number of rotatable bonds is 3. The number of hydrogen-bond donors (Lipinski definition) is 0. The van der Waals surface area contributed by atoms with Crippen molar-refractivity contribution in [2.24, 2.45) is 11.8 Å². The van der Waals surface area contributed by atoms with Crippen molar-refractivity contribution in [3.05, 3.63) is 125 Å². The van der Waals surface area contributed by atoms with Gasteiger partial charge in [0.1, 0.15) is 11.5 Å². The molecule has 2 atom stereocenters. The number of benzene rings is 4. The van der Waals surface area contributed by atoms with E-state index in [-0.39, 0.29) is 11.8 Å². The van der Waals surface area contributed by atoms with Crippen molar-refractivity contribution in [1.82, 2.24) is 0 Å². The molecule has 0 aromatic heterocycles. The summed E-state index contributed by atoms with van der Waals surface area (Å²) in [5, 5.41) is 0. The third-order valence-corrected chi connectivity index (χ3v) is 10.6. The van der Waals surface area contributed by atoms with Gasteiger partial charge in [0.25, 0.3) is 0 Å². The Kier molecular flexibility index (Phi) is 4.89. The number of halogens is 2.